The summed E-state index contributed by atoms with van der Waals surface area (Å²) in [5.74, 6) is 1.12. The lowest BCUT2D eigenvalue weighted by Gasteiger charge is -2.13. The first kappa shape index (κ1) is 20.3. The molecule has 0 radical (unpaired) electrons. The van der Waals surface area contributed by atoms with E-state index in [4.69, 9.17) is 0 Å². The smallest absolute Gasteiger partial charge is 0.179 e. The molecule has 0 bridgehead atoms. The molecule has 1 aromatic carbocycles. The van der Waals surface area contributed by atoms with E-state index >= 15 is 0 Å². The molecule has 0 amide bonds. The number of hydrogen-bond donors (Lipinski definition) is 0. The van der Waals surface area contributed by atoms with E-state index in [0.29, 0.717) is 38.6 Å². The molecule has 1 atom stereocenters. The van der Waals surface area contributed by atoms with Crippen LogP contribution in [0.4, 0.5) is 0 Å². The average molecular weight is 409 g/mol. The third-order valence-corrected chi connectivity index (χ3v) is 6.82. The summed E-state index contributed by atoms with van der Waals surface area (Å²) >= 11 is 0.391. The van der Waals surface area contributed by atoms with Gasteiger partial charge in [-0.1, -0.05) is 61.5 Å². The van der Waals surface area contributed by atoms with Crippen LogP contribution in [0, 0.1) is 11.3 Å². The Morgan fingerprint density at radius 3 is 2.57 bits per heavy atom. The maximum Gasteiger partial charge on any atom is 0.179 e. The fourth-order valence-corrected chi connectivity index (χ4v) is 5.04. The number of thioether (sulfide) groups is 1. The van der Waals surface area contributed by atoms with Crippen molar-refractivity contribution in [3.05, 3.63) is 60.3 Å². The number of hydrogen-bond acceptors (Lipinski definition) is 6. The summed E-state index contributed by atoms with van der Waals surface area (Å²) in [6, 6.07) is 17.4. The summed E-state index contributed by atoms with van der Waals surface area (Å²) in [7, 11) is 0. The Balaban J connectivity index is 2.03. The third-order valence-electron chi connectivity index (χ3n) is 3.98. The van der Waals surface area contributed by atoms with E-state index in [1.807, 2.05) is 48.5 Å². The molecule has 0 saturated carbocycles. The second-order valence-electron chi connectivity index (χ2n) is 6.03. The van der Waals surface area contributed by atoms with Gasteiger partial charge in [0.25, 0.3) is 0 Å². The summed E-state index contributed by atoms with van der Waals surface area (Å²) in [5, 5.41) is 10.7. The molecule has 0 aliphatic heterocycles. The van der Waals surface area contributed by atoms with Gasteiger partial charge in [-0.15, -0.1) is 0 Å². The van der Waals surface area contributed by atoms with E-state index in [1.54, 1.807) is 6.20 Å². The van der Waals surface area contributed by atoms with E-state index in [-0.39, 0.29) is 0 Å². The van der Waals surface area contributed by atoms with Crippen molar-refractivity contribution in [2.45, 2.75) is 24.8 Å². The van der Waals surface area contributed by atoms with E-state index < -0.39 is 11.2 Å². The molecule has 0 fully saturated rings. The molecule has 7 heteroatoms. The number of pyridine rings is 1. The van der Waals surface area contributed by atoms with Gasteiger partial charge >= 0.3 is 0 Å². The zero-order chi connectivity index (χ0) is 19.8. The third kappa shape index (κ3) is 5.10. The van der Waals surface area contributed by atoms with Crippen LogP contribution in [0.25, 0.3) is 22.8 Å². The minimum atomic E-state index is -0.955. The van der Waals surface area contributed by atoms with Gasteiger partial charge in [-0.25, -0.2) is 9.97 Å². The average Bonchev–Trinajstić information content (AvgIpc) is 2.76. The number of rotatable bonds is 8. The van der Waals surface area contributed by atoms with Crippen LogP contribution in [0.15, 0.2) is 59.8 Å². The lowest BCUT2D eigenvalue weighted by atomic mass is 10.1. The van der Waals surface area contributed by atoms with Gasteiger partial charge in [-0.05, 0) is 29.7 Å². The highest BCUT2D eigenvalue weighted by atomic mass is 32.3. The van der Waals surface area contributed by atoms with Crippen LogP contribution >= 0.6 is 11.8 Å². The molecule has 3 aromatic rings. The maximum atomic E-state index is 12.2. The lowest BCUT2D eigenvalue weighted by molar-refractivity contribution is 0.596. The molecule has 0 N–H and O–H groups in total. The maximum absolute atomic E-state index is 12.2. The predicted octanol–water partition coefficient (Wildman–Crippen LogP) is 4.68. The van der Waals surface area contributed by atoms with Gasteiger partial charge < -0.3 is 4.55 Å². The Labute approximate surface area is 172 Å². The Morgan fingerprint density at radius 1 is 1.11 bits per heavy atom. The van der Waals surface area contributed by atoms with Crippen LogP contribution in [-0.2, 0) is 11.2 Å². The highest BCUT2D eigenvalue weighted by Gasteiger charge is 2.19. The van der Waals surface area contributed by atoms with Crippen LogP contribution in [-0.4, -0.2) is 30.3 Å². The molecule has 0 spiro atoms. The Morgan fingerprint density at radius 2 is 1.89 bits per heavy atom. The Kier molecular flexibility index (Phi) is 7.43. The van der Waals surface area contributed by atoms with Crippen LogP contribution < -0.4 is 0 Å². The summed E-state index contributed by atoms with van der Waals surface area (Å²) in [6.07, 6.45) is 3.62. The molecule has 2 heterocycles. The monoisotopic (exact) mass is 408 g/mol. The summed E-state index contributed by atoms with van der Waals surface area (Å²) in [5.41, 5.74) is 2.45. The fraction of sp³-hybridized carbons (Fsp3) is 0.238. The van der Waals surface area contributed by atoms with Gasteiger partial charge in [-0.3, -0.25) is 4.98 Å². The normalized spacial score (nSPS) is 11.8. The second-order valence-corrected chi connectivity index (χ2v) is 8.93. The standard InChI is InChI=1S/C21H20N4OS2/c1-2-3-13-28(26)15-27-21-17(14-22)19(16-9-5-4-6-10-16)24-20(25-21)18-11-7-8-12-23-18/h4-12H,2-3,13,15H2,1H3. The van der Waals surface area contributed by atoms with Crippen LogP contribution in [0.5, 0.6) is 0 Å². The topological polar surface area (TPSA) is 85.5 Å². The number of aromatic nitrogens is 3. The van der Waals surface area contributed by atoms with Crippen molar-refractivity contribution >= 4 is 22.9 Å². The first-order valence-corrected chi connectivity index (χ1v) is 11.5. The van der Waals surface area contributed by atoms with Crippen molar-refractivity contribution in [1.29, 1.82) is 5.26 Å². The van der Waals surface area contributed by atoms with Crippen molar-refractivity contribution in [3.8, 4) is 28.8 Å². The van der Waals surface area contributed by atoms with Crippen molar-refractivity contribution in [2.75, 3.05) is 10.8 Å². The molecule has 0 saturated heterocycles. The zero-order valence-electron chi connectivity index (χ0n) is 15.5. The van der Waals surface area contributed by atoms with Crippen molar-refractivity contribution in [1.82, 2.24) is 15.0 Å². The Hall–Kier alpha value is -2.40. The number of nitrogens with zero attached hydrogens (tertiary/aromatic N) is 4. The molecule has 3 rings (SSSR count). The van der Waals surface area contributed by atoms with E-state index in [0.717, 1.165) is 18.4 Å². The van der Waals surface area contributed by atoms with Crippen molar-refractivity contribution in [2.24, 2.45) is 0 Å². The van der Waals surface area contributed by atoms with Gasteiger partial charge in [0, 0.05) is 11.8 Å². The molecule has 142 valence electrons. The first-order valence-electron chi connectivity index (χ1n) is 8.99. The van der Waals surface area contributed by atoms with Crippen LogP contribution in [0.1, 0.15) is 25.3 Å². The predicted molar refractivity (Wildman–Crippen MR) is 114 cm³/mol. The summed E-state index contributed by atoms with van der Waals surface area (Å²) in [6.45, 7) is 2.08. The molecular formula is C21H20N4OS2. The quantitative estimate of drug-likeness (QED) is 0.306. The fourth-order valence-electron chi connectivity index (χ4n) is 2.55. The zero-order valence-corrected chi connectivity index (χ0v) is 17.2. The second kappa shape index (κ2) is 10.2. The highest BCUT2D eigenvalue weighted by molar-refractivity contribution is 8.12. The molecule has 0 aliphatic rings. The van der Waals surface area contributed by atoms with E-state index in [2.05, 4.69) is 27.9 Å². The lowest BCUT2D eigenvalue weighted by Crippen LogP contribution is -2.09. The van der Waals surface area contributed by atoms with Gasteiger partial charge in [0.15, 0.2) is 10.9 Å². The Bertz CT molecular complexity index is 946. The summed E-state index contributed by atoms with van der Waals surface area (Å²) in [4.78, 5) is 13.6. The highest BCUT2D eigenvalue weighted by Crippen LogP contribution is 2.31. The largest absolute Gasteiger partial charge is 0.616 e. The van der Waals surface area contributed by atoms with Crippen molar-refractivity contribution < 1.29 is 4.55 Å². The first-order chi connectivity index (χ1) is 13.7. The number of unbranched alkanes of at least 4 members (excludes halogenated alkanes) is 1. The van der Waals surface area contributed by atoms with Gasteiger partial charge in [0.1, 0.15) is 28.1 Å². The van der Waals surface area contributed by atoms with Crippen LogP contribution in [0.3, 0.4) is 0 Å². The van der Waals surface area contributed by atoms with Crippen molar-refractivity contribution in [3.63, 3.8) is 0 Å². The molecule has 5 nitrogen and oxygen atoms in total. The molecule has 0 aliphatic carbocycles. The number of nitriles is 1. The van der Waals surface area contributed by atoms with Gasteiger partial charge in [-0.2, -0.15) is 5.26 Å². The SMILES string of the molecule is CCCC[S+]([O-])CSc1nc(-c2ccccn2)nc(-c2ccccc2)c1C#N. The minimum Gasteiger partial charge on any atom is -0.616 e. The van der Waals surface area contributed by atoms with E-state index in [1.165, 1.54) is 11.8 Å². The molecular weight excluding hydrogens is 388 g/mol. The van der Waals surface area contributed by atoms with Crippen LogP contribution in [0.2, 0.25) is 0 Å². The molecule has 1 unspecified atom stereocenters. The summed E-state index contributed by atoms with van der Waals surface area (Å²) < 4.78 is 12.2. The van der Waals surface area contributed by atoms with Gasteiger partial charge in [0.05, 0.1) is 5.69 Å². The number of benzene rings is 1. The molecule has 28 heavy (non-hydrogen) atoms. The molecule has 2 aromatic heterocycles. The van der Waals surface area contributed by atoms with E-state index in [9.17, 15) is 9.81 Å². The van der Waals surface area contributed by atoms with Gasteiger partial charge in [0.2, 0.25) is 0 Å². The minimum absolute atomic E-state index is 0.404.